The number of rotatable bonds is 8. The number of hydrogen-bond acceptors (Lipinski definition) is 4. The average molecular weight is 300 g/mol. The van der Waals surface area contributed by atoms with E-state index in [2.05, 4.69) is 4.98 Å². The van der Waals surface area contributed by atoms with Gasteiger partial charge in [-0.2, -0.15) is 0 Å². The summed E-state index contributed by atoms with van der Waals surface area (Å²) in [5.74, 6) is 0.615. The number of methoxy groups -OCH3 is 1. The Labute approximate surface area is 130 Å². The number of ether oxygens (including phenoxy) is 2. The second kappa shape index (κ2) is 8.79. The second-order valence-corrected chi connectivity index (χ2v) is 4.77. The fourth-order valence-electron chi connectivity index (χ4n) is 1.96. The van der Waals surface area contributed by atoms with Gasteiger partial charge in [-0.3, -0.25) is 9.78 Å². The molecule has 0 saturated carbocycles. The molecular weight excluding hydrogens is 280 g/mol. The molecule has 0 spiro atoms. The van der Waals surface area contributed by atoms with Gasteiger partial charge in [0.2, 0.25) is 0 Å². The minimum absolute atomic E-state index is 0.0127. The van der Waals surface area contributed by atoms with E-state index in [9.17, 15) is 4.79 Å². The molecule has 1 aromatic carbocycles. The van der Waals surface area contributed by atoms with Gasteiger partial charge in [0.05, 0.1) is 6.61 Å². The third-order valence-electron chi connectivity index (χ3n) is 3.15. The lowest BCUT2D eigenvalue weighted by molar-refractivity contribution is -0.134. The molecule has 5 nitrogen and oxygen atoms in total. The van der Waals surface area contributed by atoms with E-state index in [1.807, 2.05) is 42.5 Å². The Morgan fingerprint density at radius 3 is 2.55 bits per heavy atom. The van der Waals surface area contributed by atoms with Crippen molar-refractivity contribution in [1.82, 2.24) is 9.88 Å². The van der Waals surface area contributed by atoms with Gasteiger partial charge in [0.1, 0.15) is 5.75 Å². The lowest BCUT2D eigenvalue weighted by atomic mass is 10.2. The standard InChI is InChI=1S/C17H20N2O3/c1-21-12-11-19(13-15-7-9-18-10-8-15)17(20)14-22-16-5-3-2-4-6-16/h2-10H,11-14H2,1H3. The summed E-state index contributed by atoms with van der Waals surface area (Å²) < 4.78 is 10.6. The van der Waals surface area contributed by atoms with Crippen molar-refractivity contribution in [2.24, 2.45) is 0 Å². The molecule has 116 valence electrons. The van der Waals surface area contributed by atoms with Gasteiger partial charge in [0.15, 0.2) is 6.61 Å². The molecule has 1 heterocycles. The van der Waals surface area contributed by atoms with Crippen LogP contribution in [0.1, 0.15) is 5.56 Å². The molecule has 1 aromatic heterocycles. The number of hydrogen-bond donors (Lipinski definition) is 0. The number of carbonyl (C=O) groups is 1. The van der Waals surface area contributed by atoms with Gasteiger partial charge in [0.25, 0.3) is 5.91 Å². The van der Waals surface area contributed by atoms with E-state index in [4.69, 9.17) is 9.47 Å². The zero-order valence-electron chi connectivity index (χ0n) is 12.6. The van der Waals surface area contributed by atoms with E-state index in [1.165, 1.54) is 0 Å². The Balaban J connectivity index is 1.93. The first kappa shape index (κ1) is 16.0. The van der Waals surface area contributed by atoms with Crippen LogP contribution in [0.15, 0.2) is 54.9 Å². The Kier molecular flexibility index (Phi) is 6.39. The Bertz CT molecular complexity index is 561. The van der Waals surface area contributed by atoms with Gasteiger partial charge in [-0.25, -0.2) is 0 Å². The predicted octanol–water partition coefficient (Wildman–Crippen LogP) is 2.14. The highest BCUT2D eigenvalue weighted by molar-refractivity contribution is 5.77. The molecule has 0 N–H and O–H groups in total. The Morgan fingerprint density at radius 2 is 1.86 bits per heavy atom. The normalized spacial score (nSPS) is 10.2. The van der Waals surface area contributed by atoms with Crippen LogP contribution in [-0.2, 0) is 16.1 Å². The van der Waals surface area contributed by atoms with Gasteiger partial charge in [-0.05, 0) is 29.8 Å². The van der Waals surface area contributed by atoms with Crippen molar-refractivity contribution in [2.45, 2.75) is 6.54 Å². The molecule has 0 aliphatic heterocycles. The van der Waals surface area contributed by atoms with Crippen molar-refractivity contribution in [2.75, 3.05) is 26.9 Å². The number of amides is 1. The monoisotopic (exact) mass is 300 g/mol. The summed E-state index contributed by atoms with van der Waals surface area (Å²) in [6.45, 7) is 1.54. The maximum atomic E-state index is 12.4. The number of aromatic nitrogens is 1. The van der Waals surface area contributed by atoms with E-state index < -0.39 is 0 Å². The minimum Gasteiger partial charge on any atom is -0.484 e. The molecule has 2 rings (SSSR count). The minimum atomic E-state index is -0.0716. The van der Waals surface area contributed by atoms with Crippen LogP contribution in [0, 0.1) is 0 Å². The van der Waals surface area contributed by atoms with Crippen LogP contribution in [0.2, 0.25) is 0 Å². The van der Waals surface area contributed by atoms with Gasteiger partial charge in [-0.15, -0.1) is 0 Å². The SMILES string of the molecule is COCCN(Cc1ccncc1)C(=O)COc1ccccc1. The topological polar surface area (TPSA) is 51.7 Å². The summed E-state index contributed by atoms with van der Waals surface area (Å²) in [6, 6.07) is 13.1. The largest absolute Gasteiger partial charge is 0.484 e. The third-order valence-corrected chi connectivity index (χ3v) is 3.15. The maximum absolute atomic E-state index is 12.4. The summed E-state index contributed by atoms with van der Waals surface area (Å²) in [5.41, 5.74) is 1.03. The highest BCUT2D eigenvalue weighted by atomic mass is 16.5. The molecule has 0 saturated heterocycles. The lowest BCUT2D eigenvalue weighted by Crippen LogP contribution is -2.36. The lowest BCUT2D eigenvalue weighted by Gasteiger charge is -2.22. The first-order chi connectivity index (χ1) is 10.8. The van der Waals surface area contributed by atoms with E-state index in [0.29, 0.717) is 25.4 Å². The zero-order chi connectivity index (χ0) is 15.6. The first-order valence-electron chi connectivity index (χ1n) is 7.13. The Hall–Kier alpha value is -2.40. The summed E-state index contributed by atoms with van der Waals surface area (Å²) in [4.78, 5) is 18.1. The molecule has 0 aliphatic carbocycles. The van der Waals surface area contributed by atoms with Crippen LogP contribution in [0.5, 0.6) is 5.75 Å². The zero-order valence-corrected chi connectivity index (χ0v) is 12.6. The molecule has 5 heteroatoms. The van der Waals surface area contributed by atoms with Gasteiger partial charge < -0.3 is 14.4 Å². The van der Waals surface area contributed by atoms with E-state index >= 15 is 0 Å². The van der Waals surface area contributed by atoms with Crippen LogP contribution in [0.25, 0.3) is 0 Å². The molecular formula is C17H20N2O3. The number of carbonyl (C=O) groups excluding carboxylic acids is 1. The maximum Gasteiger partial charge on any atom is 0.260 e. The van der Waals surface area contributed by atoms with Crippen LogP contribution in [0.4, 0.5) is 0 Å². The summed E-state index contributed by atoms with van der Waals surface area (Å²) in [7, 11) is 1.62. The number of pyridine rings is 1. The van der Waals surface area contributed by atoms with Crippen LogP contribution in [0.3, 0.4) is 0 Å². The van der Waals surface area contributed by atoms with E-state index in [1.54, 1.807) is 24.4 Å². The van der Waals surface area contributed by atoms with Crippen LogP contribution >= 0.6 is 0 Å². The highest BCUT2D eigenvalue weighted by Crippen LogP contribution is 2.09. The quantitative estimate of drug-likeness (QED) is 0.749. The smallest absolute Gasteiger partial charge is 0.260 e. The second-order valence-electron chi connectivity index (χ2n) is 4.77. The fourth-order valence-corrected chi connectivity index (χ4v) is 1.96. The molecule has 0 atom stereocenters. The van der Waals surface area contributed by atoms with Crippen molar-refractivity contribution >= 4 is 5.91 Å². The summed E-state index contributed by atoms with van der Waals surface area (Å²) >= 11 is 0. The van der Waals surface area contributed by atoms with E-state index in [0.717, 1.165) is 5.56 Å². The third kappa shape index (κ3) is 5.18. The molecule has 2 aromatic rings. The van der Waals surface area contributed by atoms with Crippen molar-refractivity contribution in [3.63, 3.8) is 0 Å². The van der Waals surface area contributed by atoms with Gasteiger partial charge in [-0.1, -0.05) is 18.2 Å². The van der Waals surface area contributed by atoms with Crippen molar-refractivity contribution in [3.8, 4) is 5.75 Å². The molecule has 0 bridgehead atoms. The van der Waals surface area contributed by atoms with Crippen LogP contribution < -0.4 is 4.74 Å². The van der Waals surface area contributed by atoms with E-state index in [-0.39, 0.29) is 12.5 Å². The number of nitrogens with zero attached hydrogens (tertiary/aromatic N) is 2. The molecule has 0 aliphatic rings. The number of benzene rings is 1. The number of para-hydroxylation sites is 1. The summed E-state index contributed by atoms with van der Waals surface area (Å²) in [6.07, 6.45) is 3.43. The van der Waals surface area contributed by atoms with Crippen LogP contribution in [-0.4, -0.2) is 42.7 Å². The average Bonchev–Trinajstić information content (AvgIpc) is 2.58. The molecule has 22 heavy (non-hydrogen) atoms. The molecule has 1 amide bonds. The van der Waals surface area contributed by atoms with Crippen molar-refractivity contribution in [1.29, 1.82) is 0 Å². The predicted molar refractivity (Wildman–Crippen MR) is 83.5 cm³/mol. The molecule has 0 radical (unpaired) electrons. The Morgan fingerprint density at radius 1 is 1.14 bits per heavy atom. The fraction of sp³-hybridized carbons (Fsp3) is 0.294. The summed E-state index contributed by atoms with van der Waals surface area (Å²) in [5, 5.41) is 0. The van der Waals surface area contributed by atoms with Crippen molar-refractivity contribution < 1.29 is 14.3 Å². The van der Waals surface area contributed by atoms with Gasteiger partial charge >= 0.3 is 0 Å². The van der Waals surface area contributed by atoms with Crippen molar-refractivity contribution in [3.05, 3.63) is 60.4 Å². The first-order valence-corrected chi connectivity index (χ1v) is 7.13. The van der Waals surface area contributed by atoms with Gasteiger partial charge in [0, 0.05) is 32.6 Å². The molecule has 0 unspecified atom stereocenters. The molecule has 0 fully saturated rings. The highest BCUT2D eigenvalue weighted by Gasteiger charge is 2.14.